The van der Waals surface area contributed by atoms with Gasteiger partial charge in [-0.05, 0) is 12.1 Å². The molecule has 0 saturated carbocycles. The highest BCUT2D eigenvalue weighted by molar-refractivity contribution is 7.18. The molecule has 29 heavy (non-hydrogen) atoms. The van der Waals surface area contributed by atoms with Gasteiger partial charge in [0, 0.05) is 11.1 Å². The summed E-state index contributed by atoms with van der Waals surface area (Å²) in [5, 5.41) is 14.9. The molecule has 2 N–H and O–H groups in total. The van der Waals surface area contributed by atoms with Crippen molar-refractivity contribution in [3.05, 3.63) is 72.8 Å². The summed E-state index contributed by atoms with van der Waals surface area (Å²) < 4.78 is 5.49. The molecule has 0 spiro atoms. The predicted octanol–water partition coefficient (Wildman–Crippen LogP) is 2.86. The molecule has 2 amide bonds. The van der Waals surface area contributed by atoms with Crippen LogP contribution in [0.15, 0.2) is 72.4 Å². The van der Waals surface area contributed by atoms with Crippen LogP contribution in [-0.2, 0) is 9.59 Å². The zero-order chi connectivity index (χ0) is 20.5. The van der Waals surface area contributed by atoms with Gasteiger partial charge in [0.1, 0.15) is 17.4 Å². The van der Waals surface area contributed by atoms with E-state index in [1.54, 1.807) is 24.3 Å². The number of hydrogen-bond acceptors (Lipinski definition) is 7. The van der Waals surface area contributed by atoms with Gasteiger partial charge in [0.2, 0.25) is 5.13 Å². The zero-order valence-corrected chi connectivity index (χ0v) is 16.1. The molecule has 9 heteroatoms. The van der Waals surface area contributed by atoms with E-state index in [0.717, 1.165) is 16.9 Å². The molecule has 0 unspecified atom stereocenters. The minimum Gasteiger partial charge on any atom is -0.489 e. The van der Waals surface area contributed by atoms with E-state index in [1.807, 2.05) is 36.4 Å². The molecular formula is C20H17N5O3S. The number of anilines is 1. The Balaban J connectivity index is 1.56. The molecule has 0 saturated heterocycles. The van der Waals surface area contributed by atoms with Crippen LogP contribution in [0.2, 0.25) is 0 Å². The molecular weight excluding hydrogens is 390 g/mol. The highest BCUT2D eigenvalue weighted by atomic mass is 32.1. The molecule has 0 aliphatic rings. The van der Waals surface area contributed by atoms with Crippen LogP contribution in [0.25, 0.3) is 10.6 Å². The smallest absolute Gasteiger partial charge is 0.329 e. The van der Waals surface area contributed by atoms with Gasteiger partial charge in [0.15, 0.2) is 0 Å². The molecule has 3 aromatic rings. The highest BCUT2D eigenvalue weighted by Gasteiger charge is 2.16. The summed E-state index contributed by atoms with van der Waals surface area (Å²) >= 11 is 1.16. The second-order valence-electron chi connectivity index (χ2n) is 5.57. The van der Waals surface area contributed by atoms with E-state index < -0.39 is 11.8 Å². The first-order valence-electron chi connectivity index (χ1n) is 8.53. The molecule has 0 atom stereocenters. The second kappa shape index (κ2) is 9.90. The third-order valence-corrected chi connectivity index (χ3v) is 4.41. The fraction of sp³-hybridized carbons (Fsp3) is 0.0500. The fourth-order valence-electron chi connectivity index (χ4n) is 2.20. The maximum absolute atomic E-state index is 12.0. The summed E-state index contributed by atoms with van der Waals surface area (Å²) in [7, 11) is 0. The van der Waals surface area contributed by atoms with Crippen LogP contribution in [0, 0.1) is 0 Å². The van der Waals surface area contributed by atoms with E-state index >= 15 is 0 Å². The van der Waals surface area contributed by atoms with Gasteiger partial charge in [0.05, 0.1) is 6.21 Å². The normalized spacial score (nSPS) is 10.5. The van der Waals surface area contributed by atoms with Gasteiger partial charge in [0.25, 0.3) is 0 Å². The van der Waals surface area contributed by atoms with Crippen LogP contribution in [0.1, 0.15) is 5.56 Å². The van der Waals surface area contributed by atoms with Gasteiger partial charge in [-0.2, -0.15) is 5.10 Å². The molecule has 0 bridgehead atoms. The largest absolute Gasteiger partial charge is 0.489 e. The quantitative estimate of drug-likeness (QED) is 0.271. The number of carbonyl (C=O) groups excluding carboxylic acids is 2. The first-order valence-corrected chi connectivity index (χ1v) is 9.35. The maximum atomic E-state index is 12.0. The number of aromatic nitrogens is 2. The molecule has 0 radical (unpaired) electrons. The Morgan fingerprint density at radius 3 is 2.62 bits per heavy atom. The lowest BCUT2D eigenvalue weighted by Crippen LogP contribution is -2.32. The lowest BCUT2D eigenvalue weighted by Gasteiger charge is -2.06. The number of amides is 2. The van der Waals surface area contributed by atoms with Crippen molar-refractivity contribution in [3.8, 4) is 16.3 Å². The van der Waals surface area contributed by atoms with E-state index in [-0.39, 0.29) is 5.13 Å². The molecule has 0 aliphatic heterocycles. The Morgan fingerprint density at radius 1 is 1.07 bits per heavy atom. The lowest BCUT2D eigenvalue weighted by molar-refractivity contribution is -0.136. The lowest BCUT2D eigenvalue weighted by atomic mass is 10.2. The van der Waals surface area contributed by atoms with E-state index in [9.17, 15) is 9.59 Å². The van der Waals surface area contributed by atoms with Crippen molar-refractivity contribution < 1.29 is 14.3 Å². The zero-order valence-electron chi connectivity index (χ0n) is 15.2. The number of hydrazone groups is 1. The molecule has 146 valence electrons. The third-order valence-electron chi connectivity index (χ3n) is 3.52. The second-order valence-corrected chi connectivity index (χ2v) is 6.55. The fourth-order valence-corrected chi connectivity index (χ4v) is 2.95. The Morgan fingerprint density at radius 2 is 1.83 bits per heavy atom. The van der Waals surface area contributed by atoms with Crippen LogP contribution >= 0.6 is 11.3 Å². The van der Waals surface area contributed by atoms with Gasteiger partial charge in [-0.3, -0.25) is 14.9 Å². The van der Waals surface area contributed by atoms with Gasteiger partial charge in [-0.15, -0.1) is 10.2 Å². The van der Waals surface area contributed by atoms with E-state index in [4.69, 9.17) is 4.74 Å². The highest BCUT2D eigenvalue weighted by Crippen LogP contribution is 2.25. The average Bonchev–Trinajstić information content (AvgIpc) is 3.22. The topological polar surface area (TPSA) is 106 Å². The van der Waals surface area contributed by atoms with Crippen molar-refractivity contribution >= 4 is 34.5 Å². The number of nitrogens with one attached hydrogen (secondary N) is 2. The van der Waals surface area contributed by atoms with Gasteiger partial charge in [-0.25, -0.2) is 5.43 Å². The predicted molar refractivity (Wildman–Crippen MR) is 112 cm³/mol. The summed E-state index contributed by atoms with van der Waals surface area (Å²) in [5.74, 6) is -1.24. The summed E-state index contributed by atoms with van der Waals surface area (Å²) in [6.45, 7) is 3.93. The van der Waals surface area contributed by atoms with Crippen LogP contribution in [0.5, 0.6) is 5.75 Å². The number of carbonyl (C=O) groups is 2. The van der Waals surface area contributed by atoms with Gasteiger partial charge < -0.3 is 4.74 Å². The minimum atomic E-state index is -0.929. The Hall–Kier alpha value is -3.85. The Bertz CT molecular complexity index is 1030. The van der Waals surface area contributed by atoms with Crippen molar-refractivity contribution in [1.29, 1.82) is 0 Å². The number of nitrogens with zero attached hydrogens (tertiary/aromatic N) is 3. The van der Waals surface area contributed by atoms with E-state index in [1.165, 1.54) is 6.21 Å². The van der Waals surface area contributed by atoms with Crippen LogP contribution in [-0.4, -0.2) is 34.8 Å². The minimum absolute atomic E-state index is 0.219. The van der Waals surface area contributed by atoms with E-state index in [0.29, 0.717) is 22.9 Å². The van der Waals surface area contributed by atoms with Crippen LogP contribution < -0.4 is 15.5 Å². The van der Waals surface area contributed by atoms with Crippen molar-refractivity contribution in [3.63, 3.8) is 0 Å². The maximum Gasteiger partial charge on any atom is 0.329 e. The summed E-state index contributed by atoms with van der Waals surface area (Å²) in [6, 6.07) is 16.5. The SMILES string of the molecule is C=CCOc1ccccc1C=NNC(=O)C(=O)Nc1nnc(-c2ccccc2)s1. The van der Waals surface area contributed by atoms with Crippen LogP contribution in [0.4, 0.5) is 5.13 Å². The Kier molecular flexibility index (Phi) is 6.80. The summed E-state index contributed by atoms with van der Waals surface area (Å²) in [5.41, 5.74) is 3.69. The third kappa shape index (κ3) is 5.56. The Labute approximate surface area is 170 Å². The van der Waals surface area contributed by atoms with Gasteiger partial charge >= 0.3 is 11.8 Å². The number of benzene rings is 2. The molecule has 2 aromatic carbocycles. The molecule has 0 aliphatic carbocycles. The molecule has 8 nitrogen and oxygen atoms in total. The average molecular weight is 407 g/mol. The summed E-state index contributed by atoms with van der Waals surface area (Å²) in [4.78, 5) is 24.0. The number of para-hydroxylation sites is 1. The van der Waals surface area contributed by atoms with Gasteiger partial charge in [-0.1, -0.05) is 66.5 Å². The molecule has 1 aromatic heterocycles. The molecule has 0 fully saturated rings. The first-order chi connectivity index (χ1) is 14.2. The molecule has 3 rings (SSSR count). The van der Waals surface area contributed by atoms with Crippen molar-refractivity contribution in [1.82, 2.24) is 15.6 Å². The molecule has 1 heterocycles. The summed E-state index contributed by atoms with van der Waals surface area (Å²) in [6.07, 6.45) is 3.01. The first kappa shape index (κ1) is 19.9. The number of rotatable bonds is 7. The van der Waals surface area contributed by atoms with Crippen molar-refractivity contribution in [2.75, 3.05) is 11.9 Å². The van der Waals surface area contributed by atoms with E-state index in [2.05, 4.69) is 32.6 Å². The monoisotopic (exact) mass is 407 g/mol. The van der Waals surface area contributed by atoms with Crippen molar-refractivity contribution in [2.45, 2.75) is 0 Å². The standard InChI is InChI=1S/C20H17N5O3S/c1-2-12-28-16-11-7-6-10-15(16)13-21-23-18(27)17(26)22-20-25-24-19(29-20)14-8-4-3-5-9-14/h2-11,13H,1,12H2,(H,23,27)(H,22,25,26). The number of ether oxygens (including phenoxy) is 1. The van der Waals surface area contributed by atoms with Crippen LogP contribution in [0.3, 0.4) is 0 Å². The van der Waals surface area contributed by atoms with Crippen molar-refractivity contribution in [2.24, 2.45) is 5.10 Å². The number of hydrogen-bond donors (Lipinski definition) is 2.